The van der Waals surface area contributed by atoms with E-state index in [2.05, 4.69) is 20.8 Å². The molecule has 1 saturated heterocycles. The molecule has 6 rings (SSSR count). The Bertz CT molecular complexity index is 2180. The molecule has 1 aromatic heterocycles. The Morgan fingerprint density at radius 3 is 2.05 bits per heavy atom. The molecular formula is C40H37ClN6O10S. The average Bonchev–Trinajstić information content (AvgIpc) is 3.67. The van der Waals surface area contributed by atoms with Gasteiger partial charge < -0.3 is 29.4 Å². The number of alkyl halides is 1. The molecule has 0 radical (unpaired) electrons. The van der Waals surface area contributed by atoms with E-state index in [0.717, 1.165) is 24.4 Å². The van der Waals surface area contributed by atoms with Crippen LogP contribution in [0.5, 0.6) is 5.75 Å². The van der Waals surface area contributed by atoms with Gasteiger partial charge in [-0.15, -0.1) is 5.10 Å². The topological polar surface area (TPSA) is 201 Å². The number of aryl methyl sites for hydroxylation is 1. The number of amides is 2. The van der Waals surface area contributed by atoms with E-state index in [1.54, 1.807) is 67.7 Å². The third kappa shape index (κ3) is 9.34. The van der Waals surface area contributed by atoms with Crippen molar-refractivity contribution >= 4 is 52.9 Å². The molecule has 2 N–H and O–H groups in total. The van der Waals surface area contributed by atoms with Crippen molar-refractivity contribution in [2.24, 2.45) is 7.05 Å². The first-order valence-corrected chi connectivity index (χ1v) is 19.1. The number of carboxylic acid groups (broad SMARTS) is 1. The van der Waals surface area contributed by atoms with Crippen molar-refractivity contribution in [1.82, 2.24) is 30.4 Å². The average molecular weight is 829 g/mol. The van der Waals surface area contributed by atoms with Crippen molar-refractivity contribution in [3.63, 3.8) is 0 Å². The van der Waals surface area contributed by atoms with Crippen molar-refractivity contribution in [3.05, 3.63) is 138 Å². The number of ether oxygens (including phenoxy) is 4. The molecule has 4 unspecified atom stereocenters. The number of aliphatic carboxylic acids is 1. The van der Waals surface area contributed by atoms with Crippen LogP contribution in [-0.2, 0) is 51.8 Å². The van der Waals surface area contributed by atoms with E-state index >= 15 is 0 Å². The summed E-state index contributed by atoms with van der Waals surface area (Å²) in [6, 6.07) is 33.5. The highest BCUT2D eigenvalue weighted by molar-refractivity contribution is 7.99. The van der Waals surface area contributed by atoms with Crippen LogP contribution < -0.4 is 10.1 Å². The molecule has 0 bridgehead atoms. The lowest BCUT2D eigenvalue weighted by Crippen LogP contribution is -2.83. The number of esters is 1. The molecule has 0 saturated carbocycles. The van der Waals surface area contributed by atoms with Crippen molar-refractivity contribution < 1.29 is 48.0 Å². The molecule has 1 aliphatic heterocycles. The molecule has 0 spiro atoms. The van der Waals surface area contributed by atoms with Crippen LogP contribution in [0.15, 0.2) is 120 Å². The van der Waals surface area contributed by atoms with Gasteiger partial charge in [0.1, 0.15) is 19.0 Å². The second kappa shape index (κ2) is 18.9. The lowest BCUT2D eigenvalue weighted by atomic mass is 9.93. The van der Waals surface area contributed by atoms with Gasteiger partial charge in [0, 0.05) is 14.2 Å². The SMILES string of the molecule is COC1(NC(=O)C(C(=O)OC(c2ccccc2)c2ccccc2)c2ccc(OCc3ccccc3)cc2)C(=O)N(C(Cl)C(=O)O)C1OCC(=O)CSc1nnnn1C. The van der Waals surface area contributed by atoms with Gasteiger partial charge in [-0.1, -0.05) is 126 Å². The minimum Gasteiger partial charge on any atom is -0.489 e. The van der Waals surface area contributed by atoms with E-state index in [-0.39, 0.29) is 17.9 Å². The number of nitrogens with one attached hydrogen (secondary N) is 1. The number of carbonyl (C=O) groups excluding carboxylic acids is 4. The van der Waals surface area contributed by atoms with Crippen molar-refractivity contribution in [2.45, 2.75) is 41.2 Å². The number of benzene rings is 4. The highest BCUT2D eigenvalue weighted by Gasteiger charge is 2.67. The summed E-state index contributed by atoms with van der Waals surface area (Å²) in [4.78, 5) is 68.2. The van der Waals surface area contributed by atoms with Gasteiger partial charge in [-0.3, -0.25) is 24.1 Å². The van der Waals surface area contributed by atoms with E-state index in [1.807, 2.05) is 42.5 Å². The molecule has 1 aliphatic rings. The number of β-lactam (4-membered cyclic amide) rings is 1. The summed E-state index contributed by atoms with van der Waals surface area (Å²) < 4.78 is 24.7. The normalized spacial score (nSPS) is 17.2. The summed E-state index contributed by atoms with van der Waals surface area (Å²) in [5.74, 6) is -6.72. The maximum atomic E-state index is 14.5. The van der Waals surface area contributed by atoms with Crippen molar-refractivity contribution in [3.8, 4) is 5.75 Å². The molecule has 58 heavy (non-hydrogen) atoms. The number of nitrogens with zero attached hydrogens (tertiary/aromatic N) is 5. The number of hydrogen-bond acceptors (Lipinski definition) is 13. The number of ketones is 1. The van der Waals surface area contributed by atoms with Crippen LogP contribution in [-0.4, -0.2) is 96.7 Å². The van der Waals surface area contributed by atoms with Gasteiger partial charge >= 0.3 is 11.9 Å². The number of thioether (sulfide) groups is 1. The van der Waals surface area contributed by atoms with Gasteiger partial charge in [0.2, 0.25) is 16.6 Å². The Labute approximate surface area is 341 Å². The number of carboxylic acids is 1. The monoisotopic (exact) mass is 828 g/mol. The first-order chi connectivity index (χ1) is 28.0. The standard InChI is InChI=1S/C40H37ClN6O10S/c1-46-39(43-44-45-46)58-24-29(48)23-56-38-40(54-2,37(53)47(38)33(41)35(50)51)42-34(49)31(26-18-20-30(21-19-26)55-22-25-12-6-3-7-13-25)36(52)57-32(27-14-8-4-9-15-27)28-16-10-5-11-17-28/h3-21,31-33,38H,22-24H2,1-2H3,(H,42,49)(H,50,51). The third-order valence-corrected chi connectivity index (χ3v) is 10.4. The number of carbonyl (C=O) groups is 5. The fourth-order valence-corrected chi connectivity index (χ4v) is 6.93. The maximum Gasteiger partial charge on any atom is 0.342 e. The summed E-state index contributed by atoms with van der Waals surface area (Å²) in [7, 11) is 2.66. The molecule has 18 heteroatoms. The van der Waals surface area contributed by atoms with E-state index < -0.39 is 65.6 Å². The first kappa shape index (κ1) is 41.5. The number of likely N-dealkylation sites (tertiary alicyclic amines) is 1. The third-order valence-electron chi connectivity index (χ3n) is 8.98. The van der Waals surface area contributed by atoms with Crippen LogP contribution in [0.2, 0.25) is 0 Å². The molecule has 0 aliphatic carbocycles. The largest absolute Gasteiger partial charge is 0.489 e. The zero-order chi connectivity index (χ0) is 41.2. The van der Waals surface area contributed by atoms with E-state index in [9.17, 15) is 29.1 Å². The number of halogens is 1. The van der Waals surface area contributed by atoms with Gasteiger partial charge in [-0.05, 0) is 44.8 Å². The molecule has 5 aromatic rings. The predicted molar refractivity (Wildman–Crippen MR) is 207 cm³/mol. The summed E-state index contributed by atoms with van der Waals surface area (Å²) in [6.45, 7) is -0.405. The maximum absolute atomic E-state index is 14.5. The lowest BCUT2D eigenvalue weighted by molar-refractivity contribution is -0.263. The van der Waals surface area contributed by atoms with Gasteiger partial charge in [-0.2, -0.15) is 0 Å². The molecule has 4 aromatic carbocycles. The second-order valence-electron chi connectivity index (χ2n) is 12.8. The smallest absolute Gasteiger partial charge is 0.342 e. The Morgan fingerprint density at radius 2 is 1.50 bits per heavy atom. The molecule has 2 amide bonds. The van der Waals surface area contributed by atoms with Crippen LogP contribution in [0.25, 0.3) is 0 Å². The van der Waals surface area contributed by atoms with Crippen molar-refractivity contribution in [1.29, 1.82) is 0 Å². The van der Waals surface area contributed by atoms with Gasteiger partial charge in [0.25, 0.3) is 11.6 Å². The summed E-state index contributed by atoms with van der Waals surface area (Å²) in [5.41, 5.74) is -2.07. The van der Waals surface area contributed by atoms with Crippen LogP contribution in [0, 0.1) is 0 Å². The number of hydrogen-bond donors (Lipinski definition) is 2. The minimum atomic E-state index is -2.42. The summed E-state index contributed by atoms with van der Waals surface area (Å²) >= 11 is 7.12. The van der Waals surface area contributed by atoms with Crippen LogP contribution >= 0.6 is 23.4 Å². The van der Waals surface area contributed by atoms with E-state index in [1.165, 1.54) is 16.8 Å². The molecule has 16 nitrogen and oxygen atoms in total. The molecule has 4 atom stereocenters. The first-order valence-electron chi connectivity index (χ1n) is 17.6. The van der Waals surface area contributed by atoms with Gasteiger partial charge in [-0.25, -0.2) is 9.48 Å². The number of aromatic nitrogens is 4. The zero-order valence-corrected chi connectivity index (χ0v) is 32.6. The van der Waals surface area contributed by atoms with Crippen LogP contribution in [0.4, 0.5) is 0 Å². The number of tetrazole rings is 1. The highest BCUT2D eigenvalue weighted by Crippen LogP contribution is 2.38. The van der Waals surface area contributed by atoms with E-state index in [4.69, 9.17) is 30.5 Å². The summed E-state index contributed by atoms with van der Waals surface area (Å²) in [6.07, 6.45) is -2.68. The molecule has 1 fully saturated rings. The van der Waals surface area contributed by atoms with E-state index in [0.29, 0.717) is 26.9 Å². The quantitative estimate of drug-likeness (QED) is 0.0231. The number of methoxy groups -OCH3 is 1. The van der Waals surface area contributed by atoms with Crippen LogP contribution in [0.3, 0.4) is 0 Å². The van der Waals surface area contributed by atoms with Gasteiger partial charge in [0.15, 0.2) is 24.0 Å². The van der Waals surface area contributed by atoms with Crippen LogP contribution in [0.1, 0.15) is 34.3 Å². The molecule has 300 valence electrons. The lowest BCUT2D eigenvalue weighted by Gasteiger charge is -2.54. The van der Waals surface area contributed by atoms with Gasteiger partial charge in [0.05, 0.1) is 5.75 Å². The predicted octanol–water partition coefficient (Wildman–Crippen LogP) is 3.86. The Kier molecular flexibility index (Phi) is 13.5. The molecular weight excluding hydrogens is 792 g/mol. The number of Topliss-reactive ketones (excluding diaryl/α,β-unsaturated/α-hetero) is 1. The fourth-order valence-electron chi connectivity index (χ4n) is 6.04. The summed E-state index contributed by atoms with van der Waals surface area (Å²) in [5, 5.41) is 23.5. The minimum absolute atomic E-state index is 0.159. The Balaban J connectivity index is 1.29. The second-order valence-corrected chi connectivity index (χ2v) is 14.2. The highest BCUT2D eigenvalue weighted by atomic mass is 35.5. The Morgan fingerprint density at radius 1 is 0.897 bits per heavy atom. The van der Waals surface area contributed by atoms with Crippen molar-refractivity contribution in [2.75, 3.05) is 19.5 Å². The Hall–Kier alpha value is -6.14. The molecule has 2 heterocycles. The fraction of sp³-hybridized carbons (Fsp3) is 0.250. The number of rotatable bonds is 19. The zero-order valence-electron chi connectivity index (χ0n) is 31.0.